The van der Waals surface area contributed by atoms with E-state index in [0.29, 0.717) is 12.1 Å². The van der Waals surface area contributed by atoms with Crippen molar-refractivity contribution >= 4 is 0 Å². The van der Waals surface area contributed by atoms with Gasteiger partial charge in [0.2, 0.25) is 0 Å². The molecule has 0 bridgehead atoms. The highest BCUT2D eigenvalue weighted by Crippen LogP contribution is 2.22. The van der Waals surface area contributed by atoms with Gasteiger partial charge in [0.05, 0.1) is 13.7 Å². The lowest BCUT2D eigenvalue weighted by Crippen LogP contribution is -2.16. The van der Waals surface area contributed by atoms with Crippen LogP contribution in [-0.2, 0) is 0 Å². The third-order valence-corrected chi connectivity index (χ3v) is 2.15. The van der Waals surface area contributed by atoms with Crippen molar-refractivity contribution in [2.45, 2.75) is 5.92 Å². The summed E-state index contributed by atoms with van der Waals surface area (Å²) in [5.74, 6) is -0.449. The van der Waals surface area contributed by atoms with Crippen LogP contribution in [0.25, 0.3) is 0 Å². The van der Waals surface area contributed by atoms with Crippen LogP contribution in [0.4, 0.5) is 4.39 Å². The maximum Gasteiger partial charge on any atom is 0.165 e. The first-order chi connectivity index (χ1) is 6.72. The number of aliphatic hydroxyl groups is 1. The first-order valence-corrected chi connectivity index (χ1v) is 4.37. The van der Waals surface area contributed by atoms with Gasteiger partial charge in [-0.05, 0) is 17.7 Å². The molecular formula is C10H14FNO2. The molecular weight excluding hydrogens is 185 g/mol. The number of hydrogen-bond donors (Lipinski definition) is 2. The largest absolute Gasteiger partial charge is 0.494 e. The van der Waals surface area contributed by atoms with Crippen molar-refractivity contribution in [1.82, 2.24) is 0 Å². The molecule has 0 radical (unpaired) electrons. The zero-order chi connectivity index (χ0) is 10.6. The summed E-state index contributed by atoms with van der Waals surface area (Å²) in [6.07, 6.45) is 0. The normalized spacial score (nSPS) is 12.6. The smallest absolute Gasteiger partial charge is 0.165 e. The molecule has 1 aromatic rings. The van der Waals surface area contributed by atoms with Crippen LogP contribution in [0.5, 0.6) is 5.75 Å². The summed E-state index contributed by atoms with van der Waals surface area (Å²) in [5, 5.41) is 8.96. The van der Waals surface area contributed by atoms with Crippen LogP contribution < -0.4 is 10.5 Å². The van der Waals surface area contributed by atoms with Crippen molar-refractivity contribution < 1.29 is 14.2 Å². The van der Waals surface area contributed by atoms with Crippen molar-refractivity contribution in [3.8, 4) is 5.75 Å². The highest BCUT2D eigenvalue weighted by Gasteiger charge is 2.11. The third kappa shape index (κ3) is 2.21. The Morgan fingerprint density at radius 2 is 2.29 bits per heavy atom. The molecule has 0 heterocycles. The Morgan fingerprint density at radius 3 is 2.71 bits per heavy atom. The minimum absolute atomic E-state index is 0.0811. The summed E-state index contributed by atoms with van der Waals surface area (Å²) in [7, 11) is 1.41. The molecule has 0 aliphatic carbocycles. The molecule has 1 atom stereocenters. The molecule has 0 fully saturated rings. The number of hydrogen-bond acceptors (Lipinski definition) is 3. The van der Waals surface area contributed by atoms with E-state index >= 15 is 0 Å². The number of halogens is 1. The second-order valence-corrected chi connectivity index (χ2v) is 3.01. The van der Waals surface area contributed by atoms with Crippen LogP contribution in [0.15, 0.2) is 18.2 Å². The van der Waals surface area contributed by atoms with Crippen molar-refractivity contribution in [3.63, 3.8) is 0 Å². The van der Waals surface area contributed by atoms with Gasteiger partial charge in [0.1, 0.15) is 0 Å². The van der Waals surface area contributed by atoms with Crippen molar-refractivity contribution in [2.75, 3.05) is 20.3 Å². The van der Waals surface area contributed by atoms with Crippen LogP contribution in [0, 0.1) is 5.82 Å². The molecule has 0 aliphatic heterocycles. The van der Waals surface area contributed by atoms with Crippen molar-refractivity contribution in [3.05, 3.63) is 29.6 Å². The zero-order valence-electron chi connectivity index (χ0n) is 8.03. The summed E-state index contributed by atoms with van der Waals surface area (Å²) in [4.78, 5) is 0. The standard InChI is InChI=1S/C10H14FNO2/c1-14-10-3-2-7(4-9(10)11)8(5-12)6-13/h2-4,8,13H,5-6,12H2,1H3. The molecule has 1 rings (SSSR count). The predicted molar refractivity (Wildman–Crippen MR) is 51.8 cm³/mol. The van der Waals surface area contributed by atoms with Crippen LogP contribution in [-0.4, -0.2) is 25.4 Å². The SMILES string of the molecule is COc1ccc(C(CN)CO)cc1F. The molecule has 0 amide bonds. The highest BCUT2D eigenvalue weighted by atomic mass is 19.1. The van der Waals surface area contributed by atoms with E-state index in [1.54, 1.807) is 6.07 Å². The summed E-state index contributed by atoms with van der Waals surface area (Å²) in [6, 6.07) is 4.57. The van der Waals surface area contributed by atoms with Gasteiger partial charge < -0.3 is 15.6 Å². The van der Waals surface area contributed by atoms with Crippen molar-refractivity contribution in [2.24, 2.45) is 5.73 Å². The molecule has 14 heavy (non-hydrogen) atoms. The lowest BCUT2D eigenvalue weighted by atomic mass is 10.00. The summed E-state index contributed by atoms with van der Waals surface area (Å²) >= 11 is 0. The number of nitrogens with two attached hydrogens (primary N) is 1. The monoisotopic (exact) mass is 199 g/mol. The fraction of sp³-hybridized carbons (Fsp3) is 0.400. The Hall–Kier alpha value is -1.13. The van der Waals surface area contributed by atoms with Gasteiger partial charge in [-0.3, -0.25) is 0 Å². The van der Waals surface area contributed by atoms with Crippen LogP contribution in [0.3, 0.4) is 0 Å². The number of ether oxygens (including phenoxy) is 1. The molecule has 1 aromatic carbocycles. The molecule has 78 valence electrons. The summed E-state index contributed by atoms with van der Waals surface area (Å²) in [5.41, 5.74) is 6.11. The van der Waals surface area contributed by atoms with E-state index in [4.69, 9.17) is 15.6 Å². The number of rotatable bonds is 4. The summed E-state index contributed by atoms with van der Waals surface area (Å²) < 4.78 is 18.0. The predicted octanol–water partition coefficient (Wildman–Crippen LogP) is 0.869. The Bertz CT molecular complexity index is 300. The number of aliphatic hydroxyl groups excluding tert-OH is 1. The van der Waals surface area contributed by atoms with Gasteiger partial charge in [-0.2, -0.15) is 0 Å². The molecule has 0 aliphatic rings. The summed E-state index contributed by atoms with van der Waals surface area (Å²) in [6.45, 7) is 0.213. The molecule has 0 spiro atoms. The van der Waals surface area contributed by atoms with E-state index in [-0.39, 0.29) is 18.3 Å². The lowest BCUT2D eigenvalue weighted by Gasteiger charge is -2.12. The van der Waals surface area contributed by atoms with Gasteiger partial charge in [0, 0.05) is 12.5 Å². The second kappa shape index (κ2) is 4.93. The molecule has 0 saturated carbocycles. The van der Waals surface area contributed by atoms with Gasteiger partial charge in [-0.25, -0.2) is 4.39 Å². The lowest BCUT2D eigenvalue weighted by molar-refractivity contribution is 0.267. The first-order valence-electron chi connectivity index (χ1n) is 4.37. The van der Waals surface area contributed by atoms with Crippen molar-refractivity contribution in [1.29, 1.82) is 0 Å². The first kappa shape index (κ1) is 10.9. The van der Waals surface area contributed by atoms with Gasteiger partial charge >= 0.3 is 0 Å². The quantitative estimate of drug-likeness (QED) is 0.756. The van der Waals surface area contributed by atoms with Crippen LogP contribution >= 0.6 is 0 Å². The third-order valence-electron chi connectivity index (χ3n) is 2.15. The average molecular weight is 199 g/mol. The van der Waals surface area contributed by atoms with Gasteiger partial charge in [-0.1, -0.05) is 6.07 Å². The topological polar surface area (TPSA) is 55.5 Å². The fourth-order valence-corrected chi connectivity index (χ4v) is 1.25. The maximum absolute atomic E-state index is 13.2. The van der Waals surface area contributed by atoms with Crippen LogP contribution in [0.2, 0.25) is 0 Å². The molecule has 0 saturated heterocycles. The maximum atomic E-state index is 13.2. The van der Waals surface area contributed by atoms with E-state index in [1.165, 1.54) is 19.2 Å². The molecule has 1 unspecified atom stereocenters. The van der Waals surface area contributed by atoms with Gasteiger partial charge in [0.25, 0.3) is 0 Å². The second-order valence-electron chi connectivity index (χ2n) is 3.01. The molecule has 0 aromatic heterocycles. The Kier molecular flexibility index (Phi) is 3.85. The van der Waals surface area contributed by atoms with E-state index in [0.717, 1.165) is 0 Å². The molecule has 3 N–H and O–H groups in total. The van der Waals surface area contributed by atoms with Gasteiger partial charge in [0.15, 0.2) is 11.6 Å². The Labute approximate surface area is 82.3 Å². The average Bonchev–Trinajstić information content (AvgIpc) is 2.20. The Balaban J connectivity index is 2.95. The number of methoxy groups -OCH3 is 1. The fourth-order valence-electron chi connectivity index (χ4n) is 1.25. The van der Waals surface area contributed by atoms with E-state index in [1.807, 2.05) is 0 Å². The number of benzene rings is 1. The van der Waals surface area contributed by atoms with Gasteiger partial charge in [-0.15, -0.1) is 0 Å². The molecule has 3 nitrogen and oxygen atoms in total. The van der Waals surface area contributed by atoms with E-state index in [2.05, 4.69) is 0 Å². The minimum Gasteiger partial charge on any atom is -0.494 e. The zero-order valence-corrected chi connectivity index (χ0v) is 8.03. The van der Waals surface area contributed by atoms with E-state index < -0.39 is 5.82 Å². The highest BCUT2D eigenvalue weighted by molar-refractivity contribution is 5.31. The Morgan fingerprint density at radius 1 is 1.57 bits per heavy atom. The minimum atomic E-state index is -0.433. The molecule has 4 heteroatoms. The van der Waals surface area contributed by atoms with E-state index in [9.17, 15) is 4.39 Å². The van der Waals surface area contributed by atoms with Crippen LogP contribution in [0.1, 0.15) is 11.5 Å².